The summed E-state index contributed by atoms with van der Waals surface area (Å²) < 4.78 is 0. The first kappa shape index (κ1) is 10.2. The standard InChI is InChI=1S/C14H10N2S/c1-2-5-11(6-3-1)12-8-9-15-14(16-12)13-7-4-10-17-13/h1-10H. The monoisotopic (exact) mass is 238 g/mol. The largest absolute Gasteiger partial charge is 0.236 e. The van der Waals surface area contributed by atoms with Crippen LogP contribution < -0.4 is 0 Å². The van der Waals surface area contributed by atoms with E-state index in [0.717, 1.165) is 22.0 Å². The fraction of sp³-hybridized carbons (Fsp3) is 0. The molecule has 0 bridgehead atoms. The average molecular weight is 238 g/mol. The maximum atomic E-state index is 4.58. The number of rotatable bonds is 2. The first-order chi connectivity index (χ1) is 8.43. The Morgan fingerprint density at radius 3 is 2.53 bits per heavy atom. The third-order valence-electron chi connectivity index (χ3n) is 2.47. The van der Waals surface area contributed by atoms with Gasteiger partial charge in [-0.25, -0.2) is 9.97 Å². The number of thiophene rings is 1. The van der Waals surface area contributed by atoms with Crippen molar-refractivity contribution in [3.63, 3.8) is 0 Å². The van der Waals surface area contributed by atoms with Crippen molar-refractivity contribution in [2.45, 2.75) is 0 Å². The van der Waals surface area contributed by atoms with Crippen LogP contribution in [0, 0.1) is 0 Å². The molecule has 2 heterocycles. The zero-order valence-corrected chi connectivity index (χ0v) is 9.89. The Bertz CT molecular complexity index is 603. The number of aromatic nitrogens is 2. The van der Waals surface area contributed by atoms with Gasteiger partial charge in [0.05, 0.1) is 10.6 Å². The molecule has 0 N–H and O–H groups in total. The minimum Gasteiger partial charge on any atom is -0.236 e. The SMILES string of the molecule is c1ccc(-c2ccnc(-c3cccs3)n2)cc1. The lowest BCUT2D eigenvalue weighted by molar-refractivity contribution is 1.19. The highest BCUT2D eigenvalue weighted by Gasteiger charge is 2.04. The molecule has 0 aliphatic heterocycles. The van der Waals surface area contributed by atoms with Crippen LogP contribution >= 0.6 is 11.3 Å². The number of hydrogen-bond acceptors (Lipinski definition) is 3. The smallest absolute Gasteiger partial charge is 0.169 e. The van der Waals surface area contributed by atoms with E-state index in [0.29, 0.717) is 0 Å². The van der Waals surface area contributed by atoms with Gasteiger partial charge in [-0.15, -0.1) is 11.3 Å². The van der Waals surface area contributed by atoms with Crippen molar-refractivity contribution >= 4 is 11.3 Å². The Kier molecular flexibility index (Phi) is 2.68. The summed E-state index contributed by atoms with van der Waals surface area (Å²) >= 11 is 1.65. The van der Waals surface area contributed by atoms with Crippen LogP contribution in [0.3, 0.4) is 0 Å². The van der Waals surface area contributed by atoms with E-state index >= 15 is 0 Å². The molecule has 0 fully saturated rings. The van der Waals surface area contributed by atoms with Crippen molar-refractivity contribution in [3.8, 4) is 22.0 Å². The molecule has 82 valence electrons. The summed E-state index contributed by atoms with van der Waals surface area (Å²) in [5.74, 6) is 0.793. The molecule has 0 saturated carbocycles. The highest BCUT2D eigenvalue weighted by molar-refractivity contribution is 7.13. The molecule has 2 nitrogen and oxygen atoms in total. The minimum absolute atomic E-state index is 0.793. The van der Waals surface area contributed by atoms with Gasteiger partial charge in [0, 0.05) is 11.8 Å². The zero-order valence-electron chi connectivity index (χ0n) is 9.08. The minimum atomic E-state index is 0.793. The van der Waals surface area contributed by atoms with Gasteiger partial charge in [0.2, 0.25) is 0 Å². The van der Waals surface area contributed by atoms with Crippen LogP contribution in [-0.2, 0) is 0 Å². The molecule has 0 atom stereocenters. The van der Waals surface area contributed by atoms with Crippen molar-refractivity contribution in [1.29, 1.82) is 0 Å². The van der Waals surface area contributed by atoms with Crippen LogP contribution in [-0.4, -0.2) is 9.97 Å². The molecule has 2 aromatic heterocycles. The van der Waals surface area contributed by atoms with E-state index in [1.165, 1.54) is 0 Å². The Morgan fingerprint density at radius 1 is 0.882 bits per heavy atom. The normalized spacial score (nSPS) is 10.4. The van der Waals surface area contributed by atoms with E-state index in [1.54, 1.807) is 11.3 Å². The summed E-state index contributed by atoms with van der Waals surface area (Å²) in [6.07, 6.45) is 1.81. The van der Waals surface area contributed by atoms with Crippen LogP contribution in [0.4, 0.5) is 0 Å². The van der Waals surface area contributed by atoms with E-state index < -0.39 is 0 Å². The average Bonchev–Trinajstić information content (AvgIpc) is 2.94. The summed E-state index contributed by atoms with van der Waals surface area (Å²) in [6.45, 7) is 0. The predicted octanol–water partition coefficient (Wildman–Crippen LogP) is 3.87. The quantitative estimate of drug-likeness (QED) is 0.677. The van der Waals surface area contributed by atoms with Crippen molar-refractivity contribution in [2.75, 3.05) is 0 Å². The van der Waals surface area contributed by atoms with Crippen LogP contribution in [0.15, 0.2) is 60.1 Å². The van der Waals surface area contributed by atoms with E-state index in [1.807, 2.05) is 48.0 Å². The molecular weight excluding hydrogens is 228 g/mol. The zero-order chi connectivity index (χ0) is 11.5. The van der Waals surface area contributed by atoms with E-state index in [2.05, 4.69) is 22.1 Å². The third-order valence-corrected chi connectivity index (χ3v) is 3.33. The lowest BCUT2D eigenvalue weighted by Gasteiger charge is -2.02. The van der Waals surface area contributed by atoms with Crippen molar-refractivity contribution in [2.24, 2.45) is 0 Å². The van der Waals surface area contributed by atoms with Gasteiger partial charge in [0.15, 0.2) is 5.82 Å². The molecule has 3 aromatic rings. The van der Waals surface area contributed by atoms with Gasteiger partial charge in [0.1, 0.15) is 0 Å². The van der Waals surface area contributed by atoms with Gasteiger partial charge in [0.25, 0.3) is 0 Å². The number of hydrogen-bond donors (Lipinski definition) is 0. The molecule has 0 unspecified atom stereocenters. The molecule has 0 amide bonds. The molecule has 0 spiro atoms. The Morgan fingerprint density at radius 2 is 1.76 bits per heavy atom. The van der Waals surface area contributed by atoms with E-state index in [-0.39, 0.29) is 0 Å². The summed E-state index contributed by atoms with van der Waals surface area (Å²) in [6, 6.07) is 16.1. The maximum absolute atomic E-state index is 4.58. The Balaban J connectivity index is 2.06. The maximum Gasteiger partial charge on any atom is 0.169 e. The topological polar surface area (TPSA) is 25.8 Å². The predicted molar refractivity (Wildman–Crippen MR) is 70.8 cm³/mol. The van der Waals surface area contributed by atoms with Crippen molar-refractivity contribution in [3.05, 3.63) is 60.1 Å². The lowest BCUT2D eigenvalue weighted by atomic mass is 10.1. The number of benzene rings is 1. The van der Waals surface area contributed by atoms with Crippen LogP contribution in [0.25, 0.3) is 22.0 Å². The van der Waals surface area contributed by atoms with Crippen LogP contribution in [0.1, 0.15) is 0 Å². The molecule has 1 aromatic carbocycles. The van der Waals surface area contributed by atoms with Crippen molar-refractivity contribution < 1.29 is 0 Å². The van der Waals surface area contributed by atoms with Gasteiger partial charge >= 0.3 is 0 Å². The Hall–Kier alpha value is -2.00. The third kappa shape index (κ3) is 2.10. The van der Waals surface area contributed by atoms with E-state index in [4.69, 9.17) is 0 Å². The molecule has 0 saturated heterocycles. The van der Waals surface area contributed by atoms with Gasteiger partial charge in [-0.2, -0.15) is 0 Å². The second-order valence-corrected chi connectivity index (χ2v) is 4.56. The van der Waals surface area contributed by atoms with Crippen LogP contribution in [0.5, 0.6) is 0 Å². The Labute approximate surface area is 104 Å². The fourth-order valence-electron chi connectivity index (χ4n) is 1.65. The summed E-state index contributed by atoms with van der Waals surface area (Å²) in [7, 11) is 0. The fourth-order valence-corrected chi connectivity index (χ4v) is 2.32. The molecular formula is C14H10N2S. The first-order valence-corrected chi connectivity index (χ1v) is 6.24. The summed E-state index contributed by atoms with van der Waals surface area (Å²) in [4.78, 5) is 9.99. The molecule has 3 heteroatoms. The first-order valence-electron chi connectivity index (χ1n) is 5.36. The summed E-state index contributed by atoms with van der Waals surface area (Å²) in [5, 5.41) is 2.04. The highest BCUT2D eigenvalue weighted by atomic mass is 32.1. The molecule has 0 aliphatic carbocycles. The van der Waals surface area contributed by atoms with Gasteiger partial charge in [-0.3, -0.25) is 0 Å². The van der Waals surface area contributed by atoms with Gasteiger partial charge < -0.3 is 0 Å². The molecule has 0 aliphatic rings. The lowest BCUT2D eigenvalue weighted by Crippen LogP contribution is -1.89. The number of nitrogens with zero attached hydrogens (tertiary/aromatic N) is 2. The molecule has 0 radical (unpaired) electrons. The van der Waals surface area contributed by atoms with Crippen molar-refractivity contribution in [1.82, 2.24) is 9.97 Å². The second-order valence-electron chi connectivity index (χ2n) is 3.61. The summed E-state index contributed by atoms with van der Waals surface area (Å²) in [5.41, 5.74) is 2.08. The van der Waals surface area contributed by atoms with Crippen LogP contribution in [0.2, 0.25) is 0 Å². The highest BCUT2D eigenvalue weighted by Crippen LogP contribution is 2.23. The van der Waals surface area contributed by atoms with Gasteiger partial charge in [-0.1, -0.05) is 36.4 Å². The molecule has 3 rings (SSSR count). The second kappa shape index (κ2) is 4.47. The van der Waals surface area contributed by atoms with Gasteiger partial charge in [-0.05, 0) is 17.5 Å². The van der Waals surface area contributed by atoms with E-state index in [9.17, 15) is 0 Å². The molecule has 17 heavy (non-hydrogen) atoms.